The Hall–Kier alpha value is -4.98. The lowest BCUT2D eigenvalue weighted by Crippen LogP contribution is -2.49. The van der Waals surface area contributed by atoms with E-state index in [2.05, 4.69) is 18.2 Å². The number of rotatable bonds is 8. The summed E-state index contributed by atoms with van der Waals surface area (Å²) in [7, 11) is 4.44. The van der Waals surface area contributed by atoms with Crippen LogP contribution in [-0.4, -0.2) is 51.8 Å². The van der Waals surface area contributed by atoms with Crippen LogP contribution in [0.1, 0.15) is 17.0 Å². The molecule has 0 amide bonds. The summed E-state index contributed by atoms with van der Waals surface area (Å²) in [5.41, 5.74) is 6.53. The van der Waals surface area contributed by atoms with Crippen LogP contribution in [0.3, 0.4) is 0 Å². The average Bonchev–Trinajstić information content (AvgIpc) is 2.99. The van der Waals surface area contributed by atoms with Crippen LogP contribution in [0.5, 0.6) is 17.2 Å². The zero-order chi connectivity index (χ0) is 28.9. The van der Waals surface area contributed by atoms with Gasteiger partial charge in [-0.1, -0.05) is 36.4 Å². The number of fused-ring (bicyclic) bond motifs is 1. The second-order valence-electron chi connectivity index (χ2n) is 9.47. The van der Waals surface area contributed by atoms with E-state index in [0.29, 0.717) is 34.9 Å². The van der Waals surface area contributed by atoms with Gasteiger partial charge >= 0.3 is 5.97 Å². The molecule has 10 nitrogen and oxygen atoms in total. The standard InChI is InChI=1S/C30H29N5O5/c1-37-24-12-26(39-3)25(38-2)11-21(24)28-23-14-35(15-27(36)40-16-19-7-5-4-6-8-19)10-9-20(23)22(13-31)29(34)30(28,17-32)18-33/h4-9,11-12,23,28H,10,14-16,34H2,1-3H3. The summed E-state index contributed by atoms with van der Waals surface area (Å²) in [6.45, 7) is 0.744. The van der Waals surface area contributed by atoms with Gasteiger partial charge in [-0.15, -0.1) is 0 Å². The van der Waals surface area contributed by atoms with Gasteiger partial charge in [0.1, 0.15) is 18.4 Å². The van der Waals surface area contributed by atoms with E-state index < -0.39 is 23.2 Å². The zero-order valence-electron chi connectivity index (χ0n) is 22.5. The van der Waals surface area contributed by atoms with Crippen molar-refractivity contribution in [3.05, 3.63) is 76.5 Å². The highest BCUT2D eigenvalue weighted by atomic mass is 16.5. The number of nitriles is 3. The molecule has 1 aliphatic heterocycles. The van der Waals surface area contributed by atoms with E-state index in [0.717, 1.165) is 5.56 Å². The Labute approximate surface area is 233 Å². The van der Waals surface area contributed by atoms with Crippen LogP contribution < -0.4 is 19.9 Å². The molecular weight excluding hydrogens is 510 g/mol. The molecule has 2 unspecified atom stereocenters. The number of carbonyl (C=O) groups excluding carboxylic acids is 1. The Bertz CT molecular complexity index is 1460. The largest absolute Gasteiger partial charge is 0.496 e. The van der Waals surface area contributed by atoms with Crippen molar-refractivity contribution in [1.82, 2.24) is 4.90 Å². The van der Waals surface area contributed by atoms with Crippen molar-refractivity contribution in [2.24, 2.45) is 17.1 Å². The summed E-state index contributed by atoms with van der Waals surface area (Å²) in [6.07, 6.45) is 1.82. The molecule has 40 heavy (non-hydrogen) atoms. The number of hydrogen-bond acceptors (Lipinski definition) is 10. The van der Waals surface area contributed by atoms with E-state index in [1.807, 2.05) is 41.3 Å². The second-order valence-corrected chi connectivity index (χ2v) is 9.47. The van der Waals surface area contributed by atoms with E-state index >= 15 is 0 Å². The fourth-order valence-corrected chi connectivity index (χ4v) is 5.47. The Morgan fingerprint density at radius 1 is 1.02 bits per heavy atom. The van der Waals surface area contributed by atoms with E-state index in [9.17, 15) is 20.6 Å². The SMILES string of the molecule is COc1cc(OC)c(C2C3CN(CC(=O)OCc4ccccc4)CC=C3C(C#N)=C(N)C2(C#N)C#N)cc1OC. The zero-order valence-corrected chi connectivity index (χ0v) is 22.5. The van der Waals surface area contributed by atoms with Crippen molar-refractivity contribution in [3.8, 4) is 35.5 Å². The molecule has 0 bridgehead atoms. The Kier molecular flexibility index (Phi) is 8.29. The Morgan fingerprint density at radius 3 is 2.27 bits per heavy atom. The maximum absolute atomic E-state index is 12.7. The summed E-state index contributed by atoms with van der Waals surface area (Å²) in [5.74, 6) is -0.683. The fourth-order valence-electron chi connectivity index (χ4n) is 5.47. The van der Waals surface area contributed by atoms with Crippen LogP contribution in [0, 0.1) is 45.3 Å². The van der Waals surface area contributed by atoms with Gasteiger partial charge in [-0.05, 0) is 17.2 Å². The van der Waals surface area contributed by atoms with Crippen LogP contribution in [0.15, 0.2) is 65.4 Å². The van der Waals surface area contributed by atoms with Gasteiger partial charge < -0.3 is 24.7 Å². The molecule has 2 aromatic rings. The lowest BCUT2D eigenvalue weighted by atomic mass is 9.58. The number of esters is 1. The van der Waals surface area contributed by atoms with Crippen molar-refractivity contribution in [2.75, 3.05) is 41.0 Å². The number of hydrogen-bond donors (Lipinski definition) is 1. The van der Waals surface area contributed by atoms with Crippen LogP contribution >= 0.6 is 0 Å². The molecule has 0 fully saturated rings. The van der Waals surface area contributed by atoms with Crippen molar-refractivity contribution < 1.29 is 23.7 Å². The lowest BCUT2D eigenvalue weighted by Gasteiger charge is -2.45. The molecule has 4 rings (SSSR count). The van der Waals surface area contributed by atoms with E-state index in [-0.39, 0.29) is 31.0 Å². The molecule has 0 saturated heterocycles. The molecule has 2 atom stereocenters. The third-order valence-corrected chi connectivity index (χ3v) is 7.41. The van der Waals surface area contributed by atoms with Crippen LogP contribution in [0.25, 0.3) is 0 Å². The summed E-state index contributed by atoms with van der Waals surface area (Å²) < 4.78 is 22.1. The van der Waals surface area contributed by atoms with E-state index in [4.69, 9.17) is 24.7 Å². The minimum atomic E-state index is -1.89. The maximum Gasteiger partial charge on any atom is 0.320 e. The van der Waals surface area contributed by atoms with Gasteiger partial charge in [-0.2, -0.15) is 15.8 Å². The number of nitrogens with two attached hydrogens (primary N) is 1. The average molecular weight is 540 g/mol. The van der Waals surface area contributed by atoms with Crippen molar-refractivity contribution in [1.29, 1.82) is 15.8 Å². The predicted molar refractivity (Wildman–Crippen MR) is 144 cm³/mol. The maximum atomic E-state index is 12.7. The molecule has 0 saturated carbocycles. The van der Waals surface area contributed by atoms with Crippen LogP contribution in [-0.2, 0) is 16.1 Å². The topological polar surface area (TPSA) is 155 Å². The predicted octanol–water partition coefficient (Wildman–Crippen LogP) is 3.18. The number of nitrogens with zero attached hydrogens (tertiary/aromatic N) is 4. The smallest absolute Gasteiger partial charge is 0.320 e. The van der Waals surface area contributed by atoms with Crippen molar-refractivity contribution >= 4 is 5.97 Å². The van der Waals surface area contributed by atoms with E-state index in [1.165, 1.54) is 21.3 Å². The van der Waals surface area contributed by atoms with Gasteiger partial charge in [0.05, 0.1) is 51.3 Å². The summed E-state index contributed by atoms with van der Waals surface area (Å²) in [6, 6.07) is 19.0. The number of benzene rings is 2. The number of methoxy groups -OCH3 is 3. The first kappa shape index (κ1) is 28.0. The normalized spacial score (nSPS) is 19.6. The molecule has 2 aromatic carbocycles. The van der Waals surface area contributed by atoms with Gasteiger partial charge in [0.15, 0.2) is 16.9 Å². The molecule has 0 aromatic heterocycles. The first-order valence-corrected chi connectivity index (χ1v) is 12.5. The molecule has 2 aliphatic rings. The van der Waals surface area contributed by atoms with Gasteiger partial charge in [0, 0.05) is 36.6 Å². The molecule has 1 aliphatic carbocycles. The highest BCUT2D eigenvalue weighted by Gasteiger charge is 2.55. The van der Waals surface area contributed by atoms with Crippen LogP contribution in [0.4, 0.5) is 0 Å². The Balaban J connectivity index is 1.76. The summed E-state index contributed by atoms with van der Waals surface area (Å²) in [4.78, 5) is 14.6. The molecule has 0 spiro atoms. The lowest BCUT2D eigenvalue weighted by molar-refractivity contribution is -0.146. The molecule has 2 N–H and O–H groups in total. The molecule has 10 heteroatoms. The quantitative estimate of drug-likeness (QED) is 0.495. The number of ether oxygens (including phenoxy) is 4. The number of allylic oxidation sites excluding steroid dienone is 2. The minimum absolute atomic E-state index is 0.0178. The minimum Gasteiger partial charge on any atom is -0.496 e. The molecule has 0 radical (unpaired) electrons. The van der Waals surface area contributed by atoms with Crippen LogP contribution in [0.2, 0.25) is 0 Å². The van der Waals surface area contributed by atoms with Crippen molar-refractivity contribution in [2.45, 2.75) is 12.5 Å². The molecule has 204 valence electrons. The highest BCUT2D eigenvalue weighted by Crippen LogP contribution is 2.56. The first-order chi connectivity index (χ1) is 19.4. The van der Waals surface area contributed by atoms with Gasteiger partial charge in [-0.3, -0.25) is 9.69 Å². The Morgan fingerprint density at radius 2 is 1.68 bits per heavy atom. The number of carbonyl (C=O) groups is 1. The van der Waals surface area contributed by atoms with Gasteiger partial charge in [0.2, 0.25) is 0 Å². The highest BCUT2D eigenvalue weighted by molar-refractivity contribution is 5.72. The summed E-state index contributed by atoms with van der Waals surface area (Å²) >= 11 is 0. The van der Waals surface area contributed by atoms with Gasteiger partial charge in [0.25, 0.3) is 0 Å². The third kappa shape index (κ3) is 4.91. The van der Waals surface area contributed by atoms with E-state index in [1.54, 1.807) is 12.1 Å². The fraction of sp³-hybridized carbons (Fsp3) is 0.333. The first-order valence-electron chi connectivity index (χ1n) is 12.5. The summed E-state index contributed by atoms with van der Waals surface area (Å²) in [5, 5.41) is 30.9. The van der Waals surface area contributed by atoms with Crippen molar-refractivity contribution in [3.63, 3.8) is 0 Å². The molecular formula is C30H29N5O5. The molecule has 1 heterocycles. The monoisotopic (exact) mass is 539 g/mol. The second kappa shape index (κ2) is 11.8. The third-order valence-electron chi connectivity index (χ3n) is 7.41. The van der Waals surface area contributed by atoms with Gasteiger partial charge in [-0.25, -0.2) is 0 Å².